The Morgan fingerprint density at radius 2 is 2.11 bits per heavy atom. The largest absolute Gasteiger partial charge is 0.363 e. The lowest BCUT2D eigenvalue weighted by Crippen LogP contribution is -2.08. The lowest BCUT2D eigenvalue weighted by molar-refractivity contribution is 0.560. The third-order valence-corrected chi connectivity index (χ3v) is 3.26. The molecule has 0 fully saturated rings. The molecule has 1 N–H and O–H groups in total. The normalized spacial score (nSPS) is 10.9. The molecule has 0 saturated carbocycles. The van der Waals surface area contributed by atoms with Gasteiger partial charge in [-0.25, -0.2) is 0 Å². The van der Waals surface area contributed by atoms with Gasteiger partial charge in [-0.1, -0.05) is 13.3 Å². The molecule has 0 aliphatic heterocycles. The number of hydrogen-bond acceptors (Lipinski definition) is 3. The molecule has 5 nitrogen and oxygen atoms in total. The van der Waals surface area contributed by atoms with Gasteiger partial charge < -0.3 is 5.32 Å². The number of hydrogen-bond donors (Lipinski definition) is 1. The van der Waals surface area contributed by atoms with Crippen molar-refractivity contribution < 1.29 is 0 Å². The molecule has 0 aromatic carbocycles. The molecule has 2 aromatic heterocycles. The lowest BCUT2D eigenvalue weighted by Gasteiger charge is -2.05. The second-order valence-corrected chi connectivity index (χ2v) is 4.74. The Balaban J connectivity index is 1.96. The highest BCUT2D eigenvalue weighted by molar-refractivity contribution is 5.36. The first kappa shape index (κ1) is 13.6. The van der Waals surface area contributed by atoms with E-state index in [4.69, 9.17) is 0 Å². The monoisotopic (exact) mass is 261 g/mol. The predicted octanol–water partition coefficient (Wildman–Crippen LogP) is 2.82. The van der Waals surface area contributed by atoms with Crippen LogP contribution >= 0.6 is 0 Å². The van der Waals surface area contributed by atoms with Crippen LogP contribution in [-0.4, -0.2) is 19.6 Å². The van der Waals surface area contributed by atoms with Crippen molar-refractivity contribution in [2.45, 2.75) is 53.2 Å². The Kier molecular flexibility index (Phi) is 4.60. The van der Waals surface area contributed by atoms with Crippen LogP contribution in [0.3, 0.4) is 0 Å². The maximum absolute atomic E-state index is 4.58. The minimum Gasteiger partial charge on any atom is -0.363 e. The van der Waals surface area contributed by atoms with Gasteiger partial charge in [-0.3, -0.25) is 9.36 Å². The van der Waals surface area contributed by atoms with Crippen LogP contribution in [0.4, 0.5) is 5.82 Å². The molecule has 2 aromatic rings. The zero-order valence-electron chi connectivity index (χ0n) is 12.1. The molecule has 0 unspecified atom stereocenters. The molecule has 104 valence electrons. The van der Waals surface area contributed by atoms with Crippen molar-refractivity contribution in [2.75, 3.05) is 5.32 Å². The third kappa shape index (κ3) is 3.36. The van der Waals surface area contributed by atoms with Gasteiger partial charge in [0.2, 0.25) is 0 Å². The Hall–Kier alpha value is -1.78. The molecular formula is C14H23N5. The predicted molar refractivity (Wildman–Crippen MR) is 77.1 cm³/mol. The molecule has 19 heavy (non-hydrogen) atoms. The summed E-state index contributed by atoms with van der Waals surface area (Å²) < 4.78 is 4.07. The molecule has 0 saturated heterocycles. The highest BCUT2D eigenvalue weighted by Crippen LogP contribution is 2.11. The summed E-state index contributed by atoms with van der Waals surface area (Å²) in [6.45, 7) is 9.05. The third-order valence-electron chi connectivity index (χ3n) is 3.26. The summed E-state index contributed by atoms with van der Waals surface area (Å²) in [4.78, 5) is 0. The van der Waals surface area contributed by atoms with E-state index in [-0.39, 0.29) is 0 Å². The Labute approximate surface area is 114 Å². The number of nitrogens with one attached hydrogen (secondary N) is 1. The van der Waals surface area contributed by atoms with Crippen molar-refractivity contribution in [2.24, 2.45) is 0 Å². The van der Waals surface area contributed by atoms with Gasteiger partial charge in [0.05, 0.1) is 12.2 Å². The molecule has 0 radical (unpaired) electrons. The van der Waals surface area contributed by atoms with Gasteiger partial charge in [0.1, 0.15) is 5.82 Å². The first-order valence-corrected chi connectivity index (χ1v) is 7.03. The van der Waals surface area contributed by atoms with Gasteiger partial charge in [0.15, 0.2) is 0 Å². The molecule has 2 heterocycles. The van der Waals surface area contributed by atoms with E-state index >= 15 is 0 Å². The zero-order chi connectivity index (χ0) is 13.7. The smallest absolute Gasteiger partial charge is 0.148 e. The van der Waals surface area contributed by atoms with Crippen molar-refractivity contribution >= 4 is 5.82 Å². The highest BCUT2D eigenvalue weighted by Gasteiger charge is 2.05. The highest BCUT2D eigenvalue weighted by atomic mass is 15.3. The van der Waals surface area contributed by atoms with Crippen LogP contribution in [0.5, 0.6) is 0 Å². The SMILES string of the molecule is CCCCn1nc(NCc2ccnn2CC)cc1C. The van der Waals surface area contributed by atoms with Crippen molar-refractivity contribution in [1.29, 1.82) is 0 Å². The summed E-state index contributed by atoms with van der Waals surface area (Å²) in [5.41, 5.74) is 2.39. The fourth-order valence-electron chi connectivity index (χ4n) is 2.11. The van der Waals surface area contributed by atoms with Crippen molar-refractivity contribution in [3.8, 4) is 0 Å². The Morgan fingerprint density at radius 3 is 2.84 bits per heavy atom. The van der Waals surface area contributed by atoms with Crippen LogP contribution in [0, 0.1) is 6.92 Å². The van der Waals surface area contributed by atoms with Gasteiger partial charge >= 0.3 is 0 Å². The van der Waals surface area contributed by atoms with Crippen LogP contribution in [0.15, 0.2) is 18.3 Å². The first-order valence-electron chi connectivity index (χ1n) is 7.03. The van der Waals surface area contributed by atoms with Crippen LogP contribution in [0.1, 0.15) is 38.1 Å². The summed E-state index contributed by atoms with van der Waals surface area (Å²) in [7, 11) is 0. The molecular weight excluding hydrogens is 238 g/mol. The molecule has 0 amide bonds. The fraction of sp³-hybridized carbons (Fsp3) is 0.571. The number of aromatic nitrogens is 4. The van der Waals surface area contributed by atoms with Crippen LogP contribution in [-0.2, 0) is 19.6 Å². The van der Waals surface area contributed by atoms with E-state index in [2.05, 4.69) is 47.0 Å². The van der Waals surface area contributed by atoms with Crippen LogP contribution in [0.25, 0.3) is 0 Å². The molecule has 0 aliphatic carbocycles. The van der Waals surface area contributed by atoms with Crippen molar-refractivity contribution in [3.63, 3.8) is 0 Å². The molecule has 0 spiro atoms. The fourth-order valence-corrected chi connectivity index (χ4v) is 2.11. The maximum Gasteiger partial charge on any atom is 0.148 e. The summed E-state index contributed by atoms with van der Waals surface area (Å²) in [5, 5.41) is 12.2. The first-order chi connectivity index (χ1) is 9.24. The summed E-state index contributed by atoms with van der Waals surface area (Å²) in [6.07, 6.45) is 4.20. The summed E-state index contributed by atoms with van der Waals surface area (Å²) >= 11 is 0. The zero-order valence-corrected chi connectivity index (χ0v) is 12.1. The minimum atomic E-state index is 0.762. The van der Waals surface area contributed by atoms with E-state index in [1.807, 2.05) is 16.9 Å². The van der Waals surface area contributed by atoms with E-state index < -0.39 is 0 Å². The van der Waals surface area contributed by atoms with Gasteiger partial charge in [-0.05, 0) is 26.3 Å². The Morgan fingerprint density at radius 1 is 1.26 bits per heavy atom. The van der Waals surface area contributed by atoms with E-state index in [1.54, 1.807) is 0 Å². The molecule has 0 aliphatic rings. The van der Waals surface area contributed by atoms with Crippen LogP contribution < -0.4 is 5.32 Å². The van der Waals surface area contributed by atoms with E-state index in [0.717, 1.165) is 25.5 Å². The van der Waals surface area contributed by atoms with E-state index in [0.29, 0.717) is 0 Å². The van der Waals surface area contributed by atoms with Gasteiger partial charge in [-0.15, -0.1) is 0 Å². The average molecular weight is 261 g/mol. The molecule has 0 bridgehead atoms. The number of unbranched alkanes of at least 4 members (excludes halogenated alkanes) is 1. The van der Waals surface area contributed by atoms with Gasteiger partial charge in [0.25, 0.3) is 0 Å². The quantitative estimate of drug-likeness (QED) is 0.833. The summed E-state index contributed by atoms with van der Waals surface area (Å²) in [6, 6.07) is 4.14. The number of nitrogens with zero attached hydrogens (tertiary/aromatic N) is 4. The second-order valence-electron chi connectivity index (χ2n) is 4.74. The Bertz CT molecular complexity index is 512. The number of anilines is 1. The maximum atomic E-state index is 4.58. The van der Waals surface area contributed by atoms with Crippen molar-refractivity contribution in [3.05, 3.63) is 29.7 Å². The van der Waals surface area contributed by atoms with E-state index in [1.165, 1.54) is 24.2 Å². The second kappa shape index (κ2) is 6.41. The standard InChI is InChI=1S/C14H23N5/c1-4-6-9-19-12(3)10-14(17-19)15-11-13-7-8-16-18(13)5-2/h7-8,10H,4-6,9,11H2,1-3H3,(H,15,17). The average Bonchev–Trinajstić information content (AvgIpc) is 3.00. The van der Waals surface area contributed by atoms with E-state index in [9.17, 15) is 0 Å². The van der Waals surface area contributed by atoms with Gasteiger partial charge in [-0.2, -0.15) is 10.2 Å². The summed E-state index contributed by atoms with van der Waals surface area (Å²) in [5.74, 6) is 0.942. The molecule has 2 rings (SSSR count). The minimum absolute atomic E-state index is 0.762. The van der Waals surface area contributed by atoms with Gasteiger partial charge in [0, 0.05) is 31.0 Å². The van der Waals surface area contributed by atoms with Crippen molar-refractivity contribution in [1.82, 2.24) is 19.6 Å². The topological polar surface area (TPSA) is 47.7 Å². The lowest BCUT2D eigenvalue weighted by atomic mass is 10.3. The van der Waals surface area contributed by atoms with Crippen LogP contribution in [0.2, 0.25) is 0 Å². The molecule has 5 heteroatoms. The molecule has 0 atom stereocenters. The number of rotatable bonds is 7. The number of aryl methyl sites for hydroxylation is 3.